The van der Waals surface area contributed by atoms with E-state index in [1.54, 1.807) is 26.0 Å². The molecule has 6 nitrogen and oxygen atoms in total. The van der Waals surface area contributed by atoms with Crippen molar-refractivity contribution in [2.24, 2.45) is 0 Å². The number of hydrogen-bond acceptors (Lipinski definition) is 4. The molecule has 0 unspecified atom stereocenters. The number of nitrogens with zero attached hydrogens (tertiary/aromatic N) is 1. The van der Waals surface area contributed by atoms with Gasteiger partial charge in [0.15, 0.2) is 0 Å². The molecule has 0 aliphatic heterocycles. The third-order valence-electron chi connectivity index (χ3n) is 3.85. The van der Waals surface area contributed by atoms with Crippen molar-refractivity contribution in [1.29, 1.82) is 0 Å². The summed E-state index contributed by atoms with van der Waals surface area (Å²) < 4.78 is 47.4. The van der Waals surface area contributed by atoms with Gasteiger partial charge in [0, 0.05) is 35.2 Å². The van der Waals surface area contributed by atoms with Crippen LogP contribution in [0.4, 0.5) is 4.39 Å². The highest BCUT2D eigenvalue weighted by molar-refractivity contribution is 9.10. The number of halogens is 2. The van der Waals surface area contributed by atoms with Gasteiger partial charge in [-0.2, -0.15) is 0 Å². The summed E-state index contributed by atoms with van der Waals surface area (Å²) in [7, 11) is -0.991. The molecule has 28 heavy (non-hydrogen) atoms. The Morgan fingerprint density at radius 3 is 2.54 bits per heavy atom. The van der Waals surface area contributed by atoms with Crippen LogP contribution in [0.2, 0.25) is 0 Å². The minimum absolute atomic E-state index is 0.0302. The van der Waals surface area contributed by atoms with Gasteiger partial charge in [-0.1, -0.05) is 15.9 Å². The van der Waals surface area contributed by atoms with Gasteiger partial charge in [-0.15, -0.1) is 0 Å². The Morgan fingerprint density at radius 1 is 1.25 bits per heavy atom. The molecular formula is C19H22BrFN2O4S. The molecule has 0 aliphatic rings. The summed E-state index contributed by atoms with van der Waals surface area (Å²) in [4.78, 5) is 14.0. The molecule has 0 saturated heterocycles. The Labute approximate surface area is 172 Å². The third-order valence-corrected chi connectivity index (χ3v) is 6.03. The van der Waals surface area contributed by atoms with Crippen LogP contribution >= 0.6 is 15.9 Å². The minimum Gasteiger partial charge on any atom is -0.495 e. The SMILES string of the molecule is COc1ccc(C(=O)N(C)Cc2cc(Br)ccc2F)cc1S(=O)(=O)NC(C)C. The van der Waals surface area contributed by atoms with Gasteiger partial charge in [0.1, 0.15) is 16.5 Å². The summed E-state index contributed by atoms with van der Waals surface area (Å²) in [6.07, 6.45) is 0. The Hall–Kier alpha value is -1.97. The standard InChI is InChI=1S/C19H22BrFN2O4S/c1-12(2)22-28(25,26)18-10-13(5-8-17(18)27-4)19(24)23(3)11-14-9-15(20)6-7-16(14)21/h5-10,12,22H,11H2,1-4H3. The zero-order valence-corrected chi connectivity index (χ0v) is 18.4. The van der Waals surface area contributed by atoms with E-state index in [0.29, 0.717) is 10.0 Å². The van der Waals surface area contributed by atoms with Gasteiger partial charge in [0.25, 0.3) is 5.91 Å². The van der Waals surface area contributed by atoms with Crippen molar-refractivity contribution >= 4 is 31.9 Å². The van der Waals surface area contributed by atoms with E-state index in [1.807, 2.05) is 0 Å². The Balaban J connectivity index is 2.35. The smallest absolute Gasteiger partial charge is 0.253 e. The highest BCUT2D eigenvalue weighted by Crippen LogP contribution is 2.26. The number of ether oxygens (including phenoxy) is 1. The maximum Gasteiger partial charge on any atom is 0.253 e. The van der Waals surface area contributed by atoms with Crippen LogP contribution in [0.1, 0.15) is 29.8 Å². The molecule has 9 heteroatoms. The predicted octanol–water partition coefficient (Wildman–Crippen LogP) is 3.56. The molecule has 0 heterocycles. The van der Waals surface area contributed by atoms with E-state index in [0.717, 1.165) is 0 Å². The number of amides is 1. The zero-order valence-electron chi connectivity index (χ0n) is 16.0. The second-order valence-electron chi connectivity index (χ2n) is 6.54. The minimum atomic E-state index is -3.87. The number of sulfonamides is 1. The fraction of sp³-hybridized carbons (Fsp3) is 0.316. The van der Waals surface area contributed by atoms with Gasteiger partial charge >= 0.3 is 0 Å². The second-order valence-corrected chi connectivity index (χ2v) is 9.14. The summed E-state index contributed by atoms with van der Waals surface area (Å²) in [5.41, 5.74) is 0.496. The lowest BCUT2D eigenvalue weighted by atomic mass is 10.1. The van der Waals surface area contributed by atoms with Gasteiger partial charge in [0.05, 0.1) is 7.11 Å². The number of rotatable bonds is 7. The lowest BCUT2D eigenvalue weighted by Crippen LogP contribution is -2.31. The van der Waals surface area contributed by atoms with Gasteiger partial charge in [-0.05, 0) is 50.2 Å². The Bertz CT molecular complexity index is 980. The monoisotopic (exact) mass is 472 g/mol. The lowest BCUT2D eigenvalue weighted by molar-refractivity contribution is 0.0783. The molecule has 0 fully saturated rings. The average molecular weight is 473 g/mol. The number of carbonyl (C=O) groups is 1. The van der Waals surface area contributed by atoms with Crippen LogP contribution in [0.25, 0.3) is 0 Å². The number of carbonyl (C=O) groups excluding carboxylic acids is 1. The van der Waals surface area contributed by atoms with Crippen molar-refractivity contribution in [3.05, 3.63) is 57.8 Å². The lowest BCUT2D eigenvalue weighted by Gasteiger charge is -2.19. The van der Waals surface area contributed by atoms with Crippen molar-refractivity contribution in [2.75, 3.05) is 14.2 Å². The fourth-order valence-corrected chi connectivity index (χ4v) is 4.46. The van der Waals surface area contributed by atoms with Crippen LogP contribution in [0.3, 0.4) is 0 Å². The van der Waals surface area contributed by atoms with Gasteiger partial charge < -0.3 is 9.64 Å². The first-order chi connectivity index (χ1) is 13.0. The van der Waals surface area contributed by atoms with Crippen LogP contribution in [0.15, 0.2) is 45.8 Å². The summed E-state index contributed by atoms with van der Waals surface area (Å²) in [5, 5.41) is 0. The first kappa shape index (κ1) is 22.3. The molecule has 1 N–H and O–H groups in total. The van der Waals surface area contributed by atoms with E-state index in [2.05, 4.69) is 20.7 Å². The summed E-state index contributed by atoms with van der Waals surface area (Å²) in [6, 6.07) is 8.32. The summed E-state index contributed by atoms with van der Waals surface area (Å²) >= 11 is 3.28. The molecule has 2 aromatic rings. The van der Waals surface area contributed by atoms with Crippen LogP contribution < -0.4 is 9.46 Å². The predicted molar refractivity (Wildman–Crippen MR) is 108 cm³/mol. The molecule has 0 spiro atoms. The third kappa shape index (κ3) is 5.30. The van der Waals surface area contributed by atoms with E-state index in [-0.39, 0.29) is 28.8 Å². The fourth-order valence-electron chi connectivity index (χ4n) is 2.61. The van der Waals surface area contributed by atoms with E-state index in [4.69, 9.17) is 4.74 Å². The second kappa shape index (κ2) is 9.02. The number of hydrogen-bond donors (Lipinski definition) is 1. The van der Waals surface area contributed by atoms with Crippen molar-refractivity contribution in [2.45, 2.75) is 31.3 Å². The van der Waals surface area contributed by atoms with Crippen molar-refractivity contribution < 1.29 is 22.3 Å². The van der Waals surface area contributed by atoms with Crippen LogP contribution in [-0.4, -0.2) is 39.4 Å². The molecule has 0 saturated carbocycles. The van der Waals surface area contributed by atoms with Crippen molar-refractivity contribution in [3.8, 4) is 5.75 Å². The van der Waals surface area contributed by atoms with E-state index in [9.17, 15) is 17.6 Å². The summed E-state index contributed by atoms with van der Waals surface area (Å²) in [6.45, 7) is 3.42. The Morgan fingerprint density at radius 2 is 1.93 bits per heavy atom. The molecule has 0 radical (unpaired) electrons. The van der Waals surface area contributed by atoms with Gasteiger partial charge in [-0.3, -0.25) is 4.79 Å². The maximum atomic E-state index is 14.0. The molecule has 1 amide bonds. The Kier molecular flexibility index (Phi) is 7.19. The first-order valence-electron chi connectivity index (χ1n) is 8.45. The van der Waals surface area contributed by atoms with E-state index < -0.39 is 21.7 Å². The molecule has 152 valence electrons. The average Bonchev–Trinajstić information content (AvgIpc) is 2.62. The van der Waals surface area contributed by atoms with Crippen LogP contribution in [0.5, 0.6) is 5.75 Å². The molecule has 0 bridgehead atoms. The van der Waals surface area contributed by atoms with Gasteiger partial charge in [0.2, 0.25) is 10.0 Å². The molecular weight excluding hydrogens is 451 g/mol. The largest absolute Gasteiger partial charge is 0.495 e. The molecule has 2 rings (SSSR count). The summed E-state index contributed by atoms with van der Waals surface area (Å²) in [5.74, 6) is -0.740. The molecule has 0 aromatic heterocycles. The molecule has 2 aromatic carbocycles. The van der Waals surface area contributed by atoms with Crippen molar-refractivity contribution in [1.82, 2.24) is 9.62 Å². The quantitative estimate of drug-likeness (QED) is 0.668. The highest BCUT2D eigenvalue weighted by Gasteiger charge is 2.23. The zero-order chi connectivity index (χ0) is 21.1. The van der Waals surface area contributed by atoms with Crippen LogP contribution in [0, 0.1) is 5.82 Å². The number of methoxy groups -OCH3 is 1. The van der Waals surface area contributed by atoms with E-state index >= 15 is 0 Å². The highest BCUT2D eigenvalue weighted by atomic mass is 79.9. The maximum absolute atomic E-state index is 14.0. The topological polar surface area (TPSA) is 75.7 Å². The van der Waals surface area contributed by atoms with Crippen LogP contribution in [-0.2, 0) is 16.6 Å². The van der Waals surface area contributed by atoms with E-state index in [1.165, 1.54) is 43.3 Å². The number of nitrogens with one attached hydrogen (secondary N) is 1. The normalized spacial score (nSPS) is 11.5. The molecule has 0 atom stereocenters. The number of benzene rings is 2. The molecule has 0 aliphatic carbocycles. The van der Waals surface area contributed by atoms with Crippen molar-refractivity contribution in [3.63, 3.8) is 0 Å². The first-order valence-corrected chi connectivity index (χ1v) is 10.7. The van der Waals surface area contributed by atoms with Gasteiger partial charge in [-0.25, -0.2) is 17.5 Å².